The normalized spacial score (nSPS) is 14.1. The summed E-state index contributed by atoms with van der Waals surface area (Å²) in [5, 5.41) is 0.256. The average Bonchev–Trinajstić information content (AvgIpc) is 2.83. The maximum absolute atomic E-state index is 14.0. The van der Waals surface area contributed by atoms with Crippen molar-refractivity contribution in [3.05, 3.63) is 64.6 Å². The number of benzene rings is 2. The van der Waals surface area contributed by atoms with E-state index in [1.165, 1.54) is 31.0 Å². The molecule has 0 saturated carbocycles. The number of primary amides is 1. The molecule has 1 aliphatic rings. The number of ether oxygens (including phenoxy) is 2. The third-order valence-electron chi connectivity index (χ3n) is 5.47. The minimum absolute atomic E-state index is 0.0856. The number of likely N-dealkylation sites (N-methyl/N-ethyl adjacent to an activating group) is 1. The molecule has 0 bridgehead atoms. The van der Waals surface area contributed by atoms with Crippen molar-refractivity contribution in [2.45, 2.75) is 16.4 Å². The molecular formula is C24H25ClFN5O3S. The largest absolute Gasteiger partial charge is 0.497 e. The van der Waals surface area contributed by atoms with Gasteiger partial charge < -0.3 is 25.0 Å². The number of hydrogen-bond donors (Lipinski definition) is 1. The van der Waals surface area contributed by atoms with Gasteiger partial charge in [0.05, 0.1) is 28.8 Å². The van der Waals surface area contributed by atoms with Crippen LogP contribution in [0.2, 0.25) is 5.02 Å². The molecule has 2 heterocycles. The Balaban J connectivity index is 1.61. The van der Waals surface area contributed by atoms with Gasteiger partial charge in [-0.3, -0.25) is 4.79 Å². The minimum atomic E-state index is -0.596. The Kier molecular flexibility index (Phi) is 7.94. The first-order chi connectivity index (χ1) is 16.8. The standard InChI is InChI=1S/C24H25ClFN5O3S/c1-30-5-7-31(8-6-30)24-28-13-21(35-18-3-4-19(22(27)32)20(25)12-18)23(29-24)34-14-15-9-16(26)11-17(10-15)33-2/h3-4,9-13H,5-8,14H2,1-2H3,(H2,27,32). The van der Waals surface area contributed by atoms with Crippen LogP contribution in [0.1, 0.15) is 15.9 Å². The van der Waals surface area contributed by atoms with Gasteiger partial charge >= 0.3 is 0 Å². The van der Waals surface area contributed by atoms with Crippen LogP contribution in [0.3, 0.4) is 0 Å². The second kappa shape index (κ2) is 11.1. The lowest BCUT2D eigenvalue weighted by molar-refractivity contribution is 0.100. The maximum atomic E-state index is 14.0. The summed E-state index contributed by atoms with van der Waals surface area (Å²) in [6.45, 7) is 3.50. The summed E-state index contributed by atoms with van der Waals surface area (Å²) in [7, 11) is 3.56. The predicted octanol–water partition coefficient (Wildman–Crippen LogP) is 3.86. The summed E-state index contributed by atoms with van der Waals surface area (Å²) in [5.74, 6) is 0.320. The number of rotatable bonds is 8. The average molecular weight is 518 g/mol. The summed E-state index contributed by atoms with van der Waals surface area (Å²) >= 11 is 7.56. The van der Waals surface area contributed by atoms with Gasteiger partial charge in [0.15, 0.2) is 0 Å². The van der Waals surface area contributed by atoms with Gasteiger partial charge in [-0.1, -0.05) is 23.4 Å². The van der Waals surface area contributed by atoms with E-state index >= 15 is 0 Å². The molecule has 35 heavy (non-hydrogen) atoms. The number of piperazine rings is 1. The Labute approximate surface area is 212 Å². The summed E-state index contributed by atoms with van der Waals surface area (Å²) in [5.41, 5.74) is 6.20. The van der Waals surface area contributed by atoms with Gasteiger partial charge in [0, 0.05) is 37.1 Å². The Hall–Kier alpha value is -3.08. The first-order valence-electron chi connectivity index (χ1n) is 10.9. The lowest BCUT2D eigenvalue weighted by Crippen LogP contribution is -2.45. The van der Waals surface area contributed by atoms with E-state index in [9.17, 15) is 9.18 Å². The number of anilines is 1. The van der Waals surface area contributed by atoms with Crippen molar-refractivity contribution in [1.82, 2.24) is 14.9 Å². The predicted molar refractivity (Wildman–Crippen MR) is 133 cm³/mol. The van der Waals surface area contributed by atoms with E-state index in [-0.39, 0.29) is 17.2 Å². The molecule has 8 nitrogen and oxygen atoms in total. The second-order valence-electron chi connectivity index (χ2n) is 8.03. The topological polar surface area (TPSA) is 93.8 Å². The number of nitrogens with zero attached hydrogens (tertiary/aromatic N) is 4. The van der Waals surface area contributed by atoms with Crippen LogP contribution in [0.15, 0.2) is 52.4 Å². The lowest BCUT2D eigenvalue weighted by atomic mass is 10.2. The van der Waals surface area contributed by atoms with Gasteiger partial charge in [-0.05, 0) is 42.9 Å². The molecule has 11 heteroatoms. The molecule has 1 amide bonds. The van der Waals surface area contributed by atoms with E-state index in [0.29, 0.717) is 28.0 Å². The van der Waals surface area contributed by atoms with Crippen LogP contribution in [0.5, 0.6) is 11.6 Å². The van der Waals surface area contributed by atoms with Crippen molar-refractivity contribution >= 4 is 35.2 Å². The fraction of sp³-hybridized carbons (Fsp3) is 0.292. The zero-order valence-corrected chi connectivity index (χ0v) is 20.9. The monoisotopic (exact) mass is 517 g/mol. The number of aromatic nitrogens is 2. The Morgan fingerprint density at radius 3 is 2.66 bits per heavy atom. The highest BCUT2D eigenvalue weighted by atomic mass is 35.5. The SMILES string of the molecule is COc1cc(F)cc(COc2nc(N3CCN(C)CC3)ncc2Sc2ccc(C(N)=O)c(Cl)c2)c1. The number of carbonyl (C=O) groups is 1. The van der Waals surface area contributed by atoms with Crippen molar-refractivity contribution in [1.29, 1.82) is 0 Å². The maximum Gasteiger partial charge on any atom is 0.250 e. The van der Waals surface area contributed by atoms with Crippen LogP contribution in [0.25, 0.3) is 0 Å². The van der Waals surface area contributed by atoms with Crippen molar-refractivity contribution in [3.8, 4) is 11.6 Å². The van der Waals surface area contributed by atoms with Gasteiger partial charge in [-0.25, -0.2) is 9.37 Å². The van der Waals surface area contributed by atoms with Gasteiger partial charge in [-0.15, -0.1) is 0 Å². The minimum Gasteiger partial charge on any atom is -0.497 e. The molecule has 0 spiro atoms. The molecule has 1 saturated heterocycles. The number of carbonyl (C=O) groups excluding carboxylic acids is 1. The van der Waals surface area contributed by atoms with Crippen LogP contribution in [-0.4, -0.2) is 61.1 Å². The first kappa shape index (κ1) is 25.0. The quantitative estimate of drug-likeness (QED) is 0.481. The van der Waals surface area contributed by atoms with Gasteiger partial charge in [0.25, 0.3) is 0 Å². The fourth-order valence-electron chi connectivity index (χ4n) is 3.54. The summed E-state index contributed by atoms with van der Waals surface area (Å²) in [4.78, 5) is 26.5. The second-order valence-corrected chi connectivity index (χ2v) is 9.55. The molecule has 0 unspecified atom stereocenters. The van der Waals surface area contributed by atoms with Crippen molar-refractivity contribution in [2.24, 2.45) is 5.73 Å². The fourth-order valence-corrected chi connectivity index (χ4v) is 4.74. The van der Waals surface area contributed by atoms with Gasteiger partial charge in [0.2, 0.25) is 17.7 Å². The molecule has 0 atom stereocenters. The summed E-state index contributed by atoms with van der Waals surface area (Å²) in [6, 6.07) is 9.38. The van der Waals surface area contributed by atoms with Crippen LogP contribution >= 0.6 is 23.4 Å². The molecule has 0 aliphatic carbocycles. The first-order valence-corrected chi connectivity index (χ1v) is 12.1. The third kappa shape index (κ3) is 6.33. The molecule has 3 aromatic rings. The van der Waals surface area contributed by atoms with E-state index in [2.05, 4.69) is 26.8 Å². The molecular weight excluding hydrogens is 493 g/mol. The zero-order valence-electron chi connectivity index (χ0n) is 19.3. The molecule has 2 aromatic carbocycles. The number of methoxy groups -OCH3 is 1. The van der Waals surface area contributed by atoms with Crippen molar-refractivity contribution < 1.29 is 18.7 Å². The van der Waals surface area contributed by atoms with Crippen molar-refractivity contribution in [2.75, 3.05) is 45.2 Å². The van der Waals surface area contributed by atoms with Crippen LogP contribution < -0.4 is 20.1 Å². The highest BCUT2D eigenvalue weighted by Crippen LogP contribution is 2.36. The summed E-state index contributed by atoms with van der Waals surface area (Å²) in [6.07, 6.45) is 1.70. The molecule has 184 valence electrons. The van der Waals surface area contributed by atoms with Crippen LogP contribution in [-0.2, 0) is 6.61 Å². The van der Waals surface area contributed by atoms with E-state index in [1.807, 2.05) is 0 Å². The van der Waals surface area contributed by atoms with Gasteiger partial charge in [0.1, 0.15) is 18.2 Å². The van der Waals surface area contributed by atoms with Crippen molar-refractivity contribution in [3.63, 3.8) is 0 Å². The highest BCUT2D eigenvalue weighted by molar-refractivity contribution is 7.99. The number of amides is 1. The molecule has 1 aliphatic heterocycles. The zero-order chi connectivity index (χ0) is 24.9. The van der Waals surface area contributed by atoms with Gasteiger partial charge in [-0.2, -0.15) is 4.98 Å². The smallest absolute Gasteiger partial charge is 0.250 e. The number of hydrogen-bond acceptors (Lipinski definition) is 8. The molecule has 0 radical (unpaired) electrons. The molecule has 2 N–H and O–H groups in total. The molecule has 4 rings (SSSR count). The number of halogens is 2. The van der Waals surface area contributed by atoms with Crippen LogP contribution in [0.4, 0.5) is 10.3 Å². The van der Waals surface area contributed by atoms with E-state index < -0.39 is 11.7 Å². The lowest BCUT2D eigenvalue weighted by Gasteiger charge is -2.32. The Morgan fingerprint density at radius 2 is 1.97 bits per heavy atom. The molecule has 1 fully saturated rings. The van der Waals surface area contributed by atoms with E-state index in [1.54, 1.807) is 30.5 Å². The molecule has 1 aromatic heterocycles. The highest BCUT2D eigenvalue weighted by Gasteiger charge is 2.20. The third-order valence-corrected chi connectivity index (χ3v) is 6.77. The number of nitrogens with two attached hydrogens (primary N) is 1. The Bertz CT molecular complexity index is 1220. The van der Waals surface area contributed by atoms with E-state index in [0.717, 1.165) is 31.1 Å². The van der Waals surface area contributed by atoms with Crippen LogP contribution in [0, 0.1) is 5.82 Å². The summed E-state index contributed by atoms with van der Waals surface area (Å²) < 4.78 is 25.2. The Morgan fingerprint density at radius 1 is 1.20 bits per heavy atom. The van der Waals surface area contributed by atoms with E-state index in [4.69, 9.17) is 26.8 Å².